The molecule has 0 aromatic carbocycles. The summed E-state index contributed by atoms with van der Waals surface area (Å²) < 4.78 is 10.3. The molecule has 0 radical (unpaired) electrons. The fourth-order valence-electron chi connectivity index (χ4n) is 1.93. The van der Waals surface area contributed by atoms with E-state index in [1.807, 2.05) is 0 Å². The Morgan fingerprint density at radius 3 is 2.89 bits per heavy atom. The third kappa shape index (κ3) is 2.82. The minimum absolute atomic E-state index is 0.0649. The molecule has 1 aromatic rings. The van der Waals surface area contributed by atoms with Gasteiger partial charge in [-0.1, -0.05) is 0 Å². The number of aliphatic hydroxyl groups is 1. The molecular formula is C12H17NO4S. The number of carbonyl (C=O) groups is 1. The normalized spacial score (nSPS) is 18.3. The number of methoxy groups -OCH3 is 1. The van der Waals surface area contributed by atoms with E-state index in [0.29, 0.717) is 36.7 Å². The van der Waals surface area contributed by atoms with Crippen molar-refractivity contribution in [2.75, 3.05) is 26.9 Å². The Labute approximate surface area is 110 Å². The predicted molar refractivity (Wildman–Crippen MR) is 68.2 cm³/mol. The van der Waals surface area contributed by atoms with E-state index in [-0.39, 0.29) is 12.5 Å². The van der Waals surface area contributed by atoms with E-state index < -0.39 is 5.54 Å². The molecule has 6 heteroatoms. The second-order valence-corrected chi connectivity index (χ2v) is 5.27. The van der Waals surface area contributed by atoms with Crippen molar-refractivity contribution >= 4 is 17.2 Å². The summed E-state index contributed by atoms with van der Waals surface area (Å²) in [6, 6.07) is 1.70. The number of hydrogen-bond acceptors (Lipinski definition) is 5. The van der Waals surface area contributed by atoms with E-state index in [1.165, 1.54) is 11.3 Å². The first-order valence-corrected chi connectivity index (χ1v) is 6.71. The molecule has 1 amide bonds. The van der Waals surface area contributed by atoms with E-state index in [2.05, 4.69) is 5.32 Å². The summed E-state index contributed by atoms with van der Waals surface area (Å²) in [4.78, 5) is 12.7. The van der Waals surface area contributed by atoms with Gasteiger partial charge < -0.3 is 19.9 Å². The smallest absolute Gasteiger partial charge is 0.262 e. The summed E-state index contributed by atoms with van der Waals surface area (Å²) in [5.74, 6) is 0.509. The average molecular weight is 271 g/mol. The maximum Gasteiger partial charge on any atom is 0.262 e. The molecule has 1 aliphatic rings. The Balaban J connectivity index is 2.04. The third-order valence-electron chi connectivity index (χ3n) is 3.17. The number of ether oxygens (including phenoxy) is 2. The quantitative estimate of drug-likeness (QED) is 0.858. The molecular weight excluding hydrogens is 254 g/mol. The lowest BCUT2D eigenvalue weighted by molar-refractivity contribution is 0.0126. The molecule has 0 spiro atoms. The van der Waals surface area contributed by atoms with Crippen LogP contribution in [0, 0.1) is 0 Å². The standard InChI is InChI=1S/C12H17NO4S/c1-16-9-6-10(18-7-9)11(15)13-12(8-14)2-4-17-5-3-12/h6-7,14H,2-5,8H2,1H3,(H,13,15). The predicted octanol–water partition coefficient (Wildman–Crippen LogP) is 1.03. The van der Waals surface area contributed by atoms with Gasteiger partial charge in [0.05, 0.1) is 24.1 Å². The van der Waals surface area contributed by atoms with Gasteiger partial charge in [-0.25, -0.2) is 0 Å². The van der Waals surface area contributed by atoms with Crippen molar-refractivity contribution < 1.29 is 19.4 Å². The minimum Gasteiger partial charge on any atom is -0.496 e. The molecule has 2 N–H and O–H groups in total. The van der Waals surface area contributed by atoms with Gasteiger partial charge in [0, 0.05) is 24.7 Å². The molecule has 1 aromatic heterocycles. The zero-order valence-electron chi connectivity index (χ0n) is 10.3. The van der Waals surface area contributed by atoms with Gasteiger partial charge in [-0.15, -0.1) is 11.3 Å². The maximum absolute atomic E-state index is 12.1. The Morgan fingerprint density at radius 1 is 1.61 bits per heavy atom. The summed E-state index contributed by atoms with van der Waals surface area (Å²) >= 11 is 1.33. The van der Waals surface area contributed by atoms with E-state index >= 15 is 0 Å². The number of aliphatic hydroxyl groups excluding tert-OH is 1. The summed E-state index contributed by atoms with van der Waals surface area (Å²) in [5, 5.41) is 14.2. The van der Waals surface area contributed by atoms with Crippen molar-refractivity contribution in [3.63, 3.8) is 0 Å². The largest absolute Gasteiger partial charge is 0.496 e. The summed E-state index contributed by atoms with van der Waals surface area (Å²) in [5.41, 5.74) is -0.549. The highest BCUT2D eigenvalue weighted by Gasteiger charge is 2.34. The molecule has 18 heavy (non-hydrogen) atoms. The van der Waals surface area contributed by atoms with Gasteiger partial charge in [0.25, 0.3) is 5.91 Å². The van der Waals surface area contributed by atoms with Crippen LogP contribution in [0.4, 0.5) is 0 Å². The minimum atomic E-state index is -0.549. The summed E-state index contributed by atoms with van der Waals surface area (Å²) in [6.45, 7) is 1.06. The van der Waals surface area contributed by atoms with Crippen molar-refractivity contribution in [1.82, 2.24) is 5.32 Å². The number of rotatable bonds is 4. The molecule has 1 saturated heterocycles. The highest BCUT2D eigenvalue weighted by Crippen LogP contribution is 2.24. The van der Waals surface area contributed by atoms with Crippen LogP contribution < -0.4 is 10.1 Å². The van der Waals surface area contributed by atoms with Crippen LogP contribution in [0.25, 0.3) is 0 Å². The van der Waals surface area contributed by atoms with E-state index in [0.717, 1.165) is 0 Å². The van der Waals surface area contributed by atoms with Crippen molar-refractivity contribution in [2.45, 2.75) is 18.4 Å². The van der Waals surface area contributed by atoms with Gasteiger partial charge in [-0.05, 0) is 12.8 Å². The van der Waals surface area contributed by atoms with Gasteiger partial charge >= 0.3 is 0 Å². The third-order valence-corrected chi connectivity index (χ3v) is 4.07. The monoisotopic (exact) mass is 271 g/mol. The van der Waals surface area contributed by atoms with Crippen LogP contribution in [0.3, 0.4) is 0 Å². The Bertz CT molecular complexity index is 412. The second kappa shape index (κ2) is 5.69. The van der Waals surface area contributed by atoms with Gasteiger partial charge in [-0.3, -0.25) is 4.79 Å². The lowest BCUT2D eigenvalue weighted by atomic mass is 9.91. The first-order valence-electron chi connectivity index (χ1n) is 5.83. The van der Waals surface area contributed by atoms with Gasteiger partial charge in [0.2, 0.25) is 0 Å². The number of thiophene rings is 1. The molecule has 2 heterocycles. The van der Waals surface area contributed by atoms with Gasteiger partial charge in [0.1, 0.15) is 5.75 Å². The van der Waals surface area contributed by atoms with Crippen LogP contribution in [0.2, 0.25) is 0 Å². The zero-order valence-corrected chi connectivity index (χ0v) is 11.1. The first kappa shape index (κ1) is 13.3. The fourth-order valence-corrected chi connectivity index (χ4v) is 2.68. The topological polar surface area (TPSA) is 67.8 Å². The number of amides is 1. The molecule has 5 nitrogen and oxygen atoms in total. The van der Waals surface area contributed by atoms with E-state index in [9.17, 15) is 9.90 Å². The first-order chi connectivity index (χ1) is 8.69. The van der Waals surface area contributed by atoms with Crippen LogP contribution in [-0.4, -0.2) is 43.5 Å². The molecule has 100 valence electrons. The number of carbonyl (C=O) groups excluding carboxylic acids is 1. The molecule has 0 unspecified atom stereocenters. The van der Waals surface area contributed by atoms with Crippen molar-refractivity contribution in [3.8, 4) is 5.75 Å². The highest BCUT2D eigenvalue weighted by atomic mass is 32.1. The van der Waals surface area contributed by atoms with Crippen molar-refractivity contribution in [3.05, 3.63) is 16.3 Å². The van der Waals surface area contributed by atoms with Gasteiger partial charge in [0.15, 0.2) is 0 Å². The Hall–Kier alpha value is -1.11. The zero-order chi connectivity index (χ0) is 13.0. The molecule has 0 saturated carbocycles. The molecule has 1 fully saturated rings. The lowest BCUT2D eigenvalue weighted by Gasteiger charge is -2.36. The van der Waals surface area contributed by atoms with Crippen LogP contribution in [0.15, 0.2) is 11.4 Å². The molecule has 0 atom stereocenters. The maximum atomic E-state index is 12.1. The molecule has 0 bridgehead atoms. The molecule has 1 aliphatic heterocycles. The Morgan fingerprint density at radius 2 is 2.33 bits per heavy atom. The second-order valence-electron chi connectivity index (χ2n) is 4.36. The lowest BCUT2D eigenvalue weighted by Crippen LogP contribution is -2.54. The van der Waals surface area contributed by atoms with E-state index in [1.54, 1.807) is 18.6 Å². The van der Waals surface area contributed by atoms with Crippen LogP contribution in [-0.2, 0) is 4.74 Å². The van der Waals surface area contributed by atoms with Crippen LogP contribution in [0.5, 0.6) is 5.75 Å². The van der Waals surface area contributed by atoms with Crippen LogP contribution in [0.1, 0.15) is 22.5 Å². The molecule has 2 rings (SSSR count). The fraction of sp³-hybridized carbons (Fsp3) is 0.583. The van der Waals surface area contributed by atoms with Crippen LogP contribution >= 0.6 is 11.3 Å². The van der Waals surface area contributed by atoms with E-state index in [4.69, 9.17) is 9.47 Å². The molecule has 0 aliphatic carbocycles. The van der Waals surface area contributed by atoms with Crippen molar-refractivity contribution in [2.24, 2.45) is 0 Å². The Kier molecular flexibility index (Phi) is 4.21. The summed E-state index contributed by atoms with van der Waals surface area (Å²) in [7, 11) is 1.57. The average Bonchev–Trinajstić information content (AvgIpc) is 2.88. The SMILES string of the molecule is COc1csc(C(=O)NC2(CO)CCOCC2)c1. The number of hydrogen-bond donors (Lipinski definition) is 2. The highest BCUT2D eigenvalue weighted by molar-refractivity contribution is 7.12. The summed E-state index contributed by atoms with van der Waals surface area (Å²) in [6.07, 6.45) is 1.27. The number of nitrogens with one attached hydrogen (secondary N) is 1. The van der Waals surface area contributed by atoms with Gasteiger partial charge in [-0.2, -0.15) is 0 Å². The van der Waals surface area contributed by atoms with Crippen molar-refractivity contribution in [1.29, 1.82) is 0 Å².